The Hall–Kier alpha value is -0.683. The van der Waals surface area contributed by atoms with Crippen molar-refractivity contribution in [2.24, 2.45) is 0 Å². The van der Waals surface area contributed by atoms with Gasteiger partial charge in [-0.2, -0.15) is 0 Å². The van der Waals surface area contributed by atoms with Crippen LogP contribution < -0.4 is 0 Å². The van der Waals surface area contributed by atoms with Crippen LogP contribution in [0.1, 0.15) is 18.9 Å². The van der Waals surface area contributed by atoms with Crippen molar-refractivity contribution in [2.75, 3.05) is 20.8 Å². The van der Waals surface area contributed by atoms with Crippen LogP contribution in [0.4, 0.5) is 0 Å². The van der Waals surface area contributed by atoms with Crippen LogP contribution in [0.3, 0.4) is 0 Å². The van der Waals surface area contributed by atoms with Crippen molar-refractivity contribution in [2.45, 2.75) is 25.8 Å². The summed E-state index contributed by atoms with van der Waals surface area (Å²) in [5.74, 6) is 0. The second-order valence-electron chi connectivity index (χ2n) is 3.93. The maximum absolute atomic E-state index is 5.79. The van der Waals surface area contributed by atoms with Crippen molar-refractivity contribution in [3.63, 3.8) is 0 Å². The molecular formula is C13H22O3Si. The van der Waals surface area contributed by atoms with Crippen LogP contribution in [-0.4, -0.2) is 29.6 Å². The summed E-state index contributed by atoms with van der Waals surface area (Å²) < 4.78 is 16.8. The van der Waals surface area contributed by atoms with Gasteiger partial charge in [-0.15, -0.1) is 0 Å². The zero-order chi connectivity index (χ0) is 12.6. The van der Waals surface area contributed by atoms with Gasteiger partial charge in [-0.05, 0) is 18.4 Å². The first-order valence-corrected chi connectivity index (χ1v) is 7.97. The summed E-state index contributed by atoms with van der Waals surface area (Å²) in [6.45, 7) is 2.78. The van der Waals surface area contributed by atoms with Gasteiger partial charge in [0.05, 0.1) is 0 Å². The standard InChI is InChI=1S/C13H22O3Si/c1-4-11-16-17(14-2,15-3)12-10-13-8-6-5-7-9-13/h5-9H,4,10-12H2,1-3H3. The second-order valence-corrected chi connectivity index (χ2v) is 6.90. The smallest absolute Gasteiger partial charge is 0.377 e. The van der Waals surface area contributed by atoms with Gasteiger partial charge in [0.1, 0.15) is 0 Å². The fourth-order valence-electron chi connectivity index (χ4n) is 1.68. The fraction of sp³-hybridized carbons (Fsp3) is 0.538. The zero-order valence-electron chi connectivity index (χ0n) is 10.9. The highest BCUT2D eigenvalue weighted by atomic mass is 28.4. The van der Waals surface area contributed by atoms with E-state index in [-0.39, 0.29) is 0 Å². The van der Waals surface area contributed by atoms with E-state index in [4.69, 9.17) is 13.3 Å². The molecule has 1 aromatic carbocycles. The number of hydrogen-bond acceptors (Lipinski definition) is 3. The summed E-state index contributed by atoms with van der Waals surface area (Å²) in [5.41, 5.74) is 1.29. The summed E-state index contributed by atoms with van der Waals surface area (Å²) in [5, 5.41) is 0. The third-order valence-corrected chi connectivity index (χ3v) is 5.46. The van der Waals surface area contributed by atoms with Crippen LogP contribution in [-0.2, 0) is 19.7 Å². The molecule has 0 unspecified atom stereocenters. The van der Waals surface area contributed by atoms with Crippen molar-refractivity contribution < 1.29 is 13.3 Å². The molecule has 4 heteroatoms. The molecule has 0 N–H and O–H groups in total. The molecule has 0 aliphatic rings. The van der Waals surface area contributed by atoms with Gasteiger partial charge in [0.25, 0.3) is 0 Å². The Kier molecular flexibility index (Phi) is 6.43. The van der Waals surface area contributed by atoms with E-state index >= 15 is 0 Å². The molecule has 0 amide bonds. The molecular weight excluding hydrogens is 232 g/mol. The second kappa shape index (κ2) is 7.61. The Morgan fingerprint density at radius 2 is 1.71 bits per heavy atom. The molecule has 0 bridgehead atoms. The molecule has 3 nitrogen and oxygen atoms in total. The Labute approximate surface area is 105 Å². The molecule has 0 saturated heterocycles. The van der Waals surface area contributed by atoms with Gasteiger partial charge in [-0.1, -0.05) is 37.3 Å². The van der Waals surface area contributed by atoms with E-state index in [1.807, 2.05) is 18.2 Å². The van der Waals surface area contributed by atoms with E-state index in [2.05, 4.69) is 19.1 Å². The monoisotopic (exact) mass is 254 g/mol. The molecule has 96 valence electrons. The summed E-state index contributed by atoms with van der Waals surface area (Å²) in [6, 6.07) is 11.2. The Morgan fingerprint density at radius 3 is 2.24 bits per heavy atom. The van der Waals surface area contributed by atoms with Crippen molar-refractivity contribution >= 4 is 8.80 Å². The first-order chi connectivity index (χ1) is 8.26. The average Bonchev–Trinajstić information content (AvgIpc) is 2.41. The molecule has 0 radical (unpaired) electrons. The summed E-state index contributed by atoms with van der Waals surface area (Å²) in [6.07, 6.45) is 1.91. The van der Waals surface area contributed by atoms with E-state index in [0.717, 1.165) is 18.9 Å². The van der Waals surface area contributed by atoms with Crippen LogP contribution in [0.2, 0.25) is 6.04 Å². The first-order valence-electron chi connectivity index (χ1n) is 6.04. The van der Waals surface area contributed by atoms with Crippen LogP contribution in [0.5, 0.6) is 0 Å². The highest BCUT2D eigenvalue weighted by molar-refractivity contribution is 6.60. The van der Waals surface area contributed by atoms with E-state index in [0.29, 0.717) is 6.61 Å². The number of rotatable bonds is 8. The molecule has 1 rings (SSSR count). The molecule has 0 fully saturated rings. The maximum atomic E-state index is 5.79. The Balaban J connectivity index is 2.54. The van der Waals surface area contributed by atoms with E-state index < -0.39 is 8.80 Å². The largest absolute Gasteiger partial charge is 0.500 e. The van der Waals surface area contributed by atoms with Gasteiger partial charge in [0.2, 0.25) is 0 Å². The van der Waals surface area contributed by atoms with E-state index in [9.17, 15) is 0 Å². The molecule has 1 aromatic rings. The van der Waals surface area contributed by atoms with Crippen LogP contribution in [0.25, 0.3) is 0 Å². The topological polar surface area (TPSA) is 27.7 Å². The minimum atomic E-state index is -2.45. The number of benzene rings is 1. The van der Waals surface area contributed by atoms with E-state index in [1.54, 1.807) is 14.2 Å². The van der Waals surface area contributed by atoms with E-state index in [1.165, 1.54) is 5.56 Å². The first kappa shape index (κ1) is 14.4. The SMILES string of the molecule is CCCO[Si](CCc1ccccc1)(OC)OC. The van der Waals surface area contributed by atoms with Gasteiger partial charge in [0.15, 0.2) is 0 Å². The normalized spacial score (nSPS) is 11.7. The summed E-state index contributed by atoms with van der Waals surface area (Å²) in [4.78, 5) is 0. The highest BCUT2D eigenvalue weighted by Crippen LogP contribution is 2.17. The zero-order valence-corrected chi connectivity index (χ0v) is 11.9. The molecule has 0 atom stereocenters. The van der Waals surface area contributed by atoms with Crippen molar-refractivity contribution in [3.05, 3.63) is 35.9 Å². The van der Waals surface area contributed by atoms with Crippen LogP contribution in [0, 0.1) is 0 Å². The molecule has 0 aromatic heterocycles. The summed E-state index contributed by atoms with van der Waals surface area (Å²) >= 11 is 0. The quantitative estimate of drug-likeness (QED) is 0.668. The molecule has 17 heavy (non-hydrogen) atoms. The third kappa shape index (κ3) is 4.59. The van der Waals surface area contributed by atoms with Gasteiger partial charge < -0.3 is 13.3 Å². The van der Waals surface area contributed by atoms with Crippen molar-refractivity contribution in [3.8, 4) is 0 Å². The predicted octanol–water partition coefficient (Wildman–Crippen LogP) is 2.89. The number of hydrogen-bond donors (Lipinski definition) is 0. The lowest BCUT2D eigenvalue weighted by Gasteiger charge is -2.26. The fourth-order valence-corrected chi connectivity index (χ4v) is 3.74. The lowest BCUT2D eigenvalue weighted by Crippen LogP contribution is -2.44. The lowest BCUT2D eigenvalue weighted by atomic mass is 10.2. The highest BCUT2D eigenvalue weighted by Gasteiger charge is 2.38. The molecule has 0 aliphatic heterocycles. The van der Waals surface area contributed by atoms with Crippen molar-refractivity contribution in [1.82, 2.24) is 0 Å². The lowest BCUT2D eigenvalue weighted by molar-refractivity contribution is 0.0984. The Morgan fingerprint density at radius 1 is 1.06 bits per heavy atom. The van der Waals surface area contributed by atoms with Crippen LogP contribution in [0.15, 0.2) is 30.3 Å². The average molecular weight is 254 g/mol. The van der Waals surface area contributed by atoms with Gasteiger partial charge in [-0.25, -0.2) is 0 Å². The van der Waals surface area contributed by atoms with Gasteiger partial charge >= 0.3 is 8.80 Å². The molecule has 0 heterocycles. The van der Waals surface area contributed by atoms with Crippen LogP contribution >= 0.6 is 0 Å². The Bertz CT molecular complexity index is 299. The number of aryl methyl sites for hydroxylation is 1. The summed E-state index contributed by atoms with van der Waals surface area (Å²) in [7, 11) is 0.907. The maximum Gasteiger partial charge on any atom is 0.500 e. The molecule has 0 aliphatic carbocycles. The van der Waals surface area contributed by atoms with Gasteiger partial charge in [-0.3, -0.25) is 0 Å². The van der Waals surface area contributed by atoms with Gasteiger partial charge in [0, 0.05) is 26.9 Å². The molecule has 0 saturated carbocycles. The minimum absolute atomic E-state index is 0.697. The minimum Gasteiger partial charge on any atom is -0.377 e. The van der Waals surface area contributed by atoms with Crippen molar-refractivity contribution in [1.29, 1.82) is 0 Å². The predicted molar refractivity (Wildman–Crippen MR) is 71.0 cm³/mol. The molecule has 0 spiro atoms. The third-order valence-electron chi connectivity index (χ3n) is 2.71.